The number of nitrogens with one attached hydrogen (secondary N) is 1. The zero-order valence-corrected chi connectivity index (χ0v) is 18.6. The fraction of sp³-hybridized carbons (Fsp3) is 0.500. The van der Waals surface area contributed by atoms with Crippen molar-refractivity contribution in [1.29, 1.82) is 0 Å². The van der Waals surface area contributed by atoms with E-state index in [2.05, 4.69) is 27.4 Å². The summed E-state index contributed by atoms with van der Waals surface area (Å²) in [6.45, 7) is 5.39. The van der Waals surface area contributed by atoms with Gasteiger partial charge in [0.15, 0.2) is 0 Å². The second-order valence-electron chi connectivity index (χ2n) is 8.82. The highest BCUT2D eigenvalue weighted by Crippen LogP contribution is 2.33. The molecule has 1 N–H and O–H groups in total. The Morgan fingerprint density at radius 2 is 1.91 bits per heavy atom. The van der Waals surface area contributed by atoms with Gasteiger partial charge in [0.05, 0.1) is 18.8 Å². The number of aromatic nitrogens is 4. The van der Waals surface area contributed by atoms with Crippen LogP contribution in [0.15, 0.2) is 34.9 Å². The quantitative estimate of drug-likeness (QED) is 0.597. The third-order valence-corrected chi connectivity index (χ3v) is 6.22. The summed E-state index contributed by atoms with van der Waals surface area (Å²) < 4.78 is 17.4. The van der Waals surface area contributed by atoms with Gasteiger partial charge in [-0.05, 0) is 49.3 Å². The molecule has 1 saturated heterocycles. The standard InChI is InChI=1S/C24H29N5O3/c1-15-6-8-19(9-7-15)26-24-25-13-21(23(27-24)32-20-10-11-30-14-20)17-4-3-5-18(12-17)22-29-28-16(2)31-22/h3-5,12-13,15,19-20H,6-11,14H2,1-2H3,(H,25,26,27)/t15?,19?,20-/m1/s1. The Balaban J connectivity index is 1.44. The second-order valence-corrected chi connectivity index (χ2v) is 8.82. The molecule has 1 aromatic carbocycles. The van der Waals surface area contributed by atoms with E-state index in [1.165, 1.54) is 12.8 Å². The van der Waals surface area contributed by atoms with Crippen LogP contribution in [0.3, 0.4) is 0 Å². The summed E-state index contributed by atoms with van der Waals surface area (Å²) in [7, 11) is 0. The van der Waals surface area contributed by atoms with Crippen LogP contribution in [0.2, 0.25) is 0 Å². The predicted molar refractivity (Wildman–Crippen MR) is 120 cm³/mol. The number of ether oxygens (including phenoxy) is 2. The molecule has 2 aliphatic rings. The minimum Gasteiger partial charge on any atom is -0.471 e. The number of benzene rings is 1. The van der Waals surface area contributed by atoms with Gasteiger partial charge in [0.25, 0.3) is 0 Å². The number of aryl methyl sites for hydroxylation is 1. The molecule has 1 atom stereocenters. The van der Waals surface area contributed by atoms with E-state index in [1.54, 1.807) is 6.92 Å². The molecule has 1 aliphatic heterocycles. The van der Waals surface area contributed by atoms with Crippen molar-refractivity contribution in [2.45, 2.75) is 58.1 Å². The van der Waals surface area contributed by atoms with Gasteiger partial charge in [-0.25, -0.2) is 4.98 Å². The number of hydrogen-bond donors (Lipinski definition) is 1. The van der Waals surface area contributed by atoms with Crippen molar-refractivity contribution in [3.8, 4) is 28.5 Å². The van der Waals surface area contributed by atoms with Gasteiger partial charge >= 0.3 is 0 Å². The first-order valence-corrected chi connectivity index (χ1v) is 11.4. The lowest BCUT2D eigenvalue weighted by Gasteiger charge is -2.27. The third-order valence-electron chi connectivity index (χ3n) is 6.22. The molecule has 0 amide bonds. The average molecular weight is 436 g/mol. The van der Waals surface area contributed by atoms with Crippen LogP contribution in [0.25, 0.3) is 22.6 Å². The molecule has 3 aromatic rings. The zero-order chi connectivity index (χ0) is 21.9. The van der Waals surface area contributed by atoms with E-state index in [0.29, 0.717) is 42.9 Å². The normalized spacial score (nSPS) is 23.2. The van der Waals surface area contributed by atoms with Crippen LogP contribution in [0.1, 0.15) is 44.9 Å². The molecule has 8 nitrogen and oxygen atoms in total. The van der Waals surface area contributed by atoms with Crippen molar-refractivity contribution >= 4 is 5.95 Å². The van der Waals surface area contributed by atoms with Crippen LogP contribution in [-0.4, -0.2) is 45.5 Å². The van der Waals surface area contributed by atoms with E-state index in [1.807, 2.05) is 30.5 Å². The Hall–Kier alpha value is -3.00. The van der Waals surface area contributed by atoms with Gasteiger partial charge in [-0.3, -0.25) is 0 Å². The molecule has 3 heterocycles. The van der Waals surface area contributed by atoms with Crippen molar-refractivity contribution in [2.24, 2.45) is 5.92 Å². The van der Waals surface area contributed by atoms with Crippen molar-refractivity contribution in [3.63, 3.8) is 0 Å². The SMILES string of the molecule is Cc1nnc(-c2cccc(-c3cnc(NC4CCC(C)CC4)nc3O[C@@H]3CCOC3)c2)o1. The Kier molecular flexibility index (Phi) is 6.03. The molecule has 0 unspecified atom stereocenters. The summed E-state index contributed by atoms with van der Waals surface area (Å²) in [4.78, 5) is 9.41. The van der Waals surface area contributed by atoms with E-state index in [-0.39, 0.29) is 6.10 Å². The fourth-order valence-electron chi connectivity index (χ4n) is 4.31. The molecule has 1 aliphatic carbocycles. The summed E-state index contributed by atoms with van der Waals surface area (Å²) in [5, 5.41) is 11.6. The van der Waals surface area contributed by atoms with Crippen molar-refractivity contribution in [3.05, 3.63) is 36.4 Å². The molecular weight excluding hydrogens is 406 g/mol. The molecule has 8 heteroatoms. The smallest absolute Gasteiger partial charge is 0.247 e. The number of anilines is 1. The number of hydrogen-bond acceptors (Lipinski definition) is 8. The van der Waals surface area contributed by atoms with E-state index in [9.17, 15) is 0 Å². The molecule has 5 rings (SSSR count). The second kappa shape index (κ2) is 9.24. The topological polar surface area (TPSA) is 95.2 Å². The van der Waals surface area contributed by atoms with Gasteiger partial charge in [-0.15, -0.1) is 10.2 Å². The maximum absolute atomic E-state index is 6.29. The van der Waals surface area contributed by atoms with Gasteiger partial charge in [0.1, 0.15) is 6.10 Å². The lowest BCUT2D eigenvalue weighted by Crippen LogP contribution is -2.26. The minimum atomic E-state index is -0.00574. The number of nitrogens with zero attached hydrogens (tertiary/aromatic N) is 4. The van der Waals surface area contributed by atoms with Crippen LogP contribution in [0, 0.1) is 12.8 Å². The van der Waals surface area contributed by atoms with Crippen LogP contribution in [0.4, 0.5) is 5.95 Å². The van der Waals surface area contributed by atoms with Crippen LogP contribution >= 0.6 is 0 Å². The Morgan fingerprint density at radius 3 is 2.66 bits per heavy atom. The summed E-state index contributed by atoms with van der Waals surface area (Å²) >= 11 is 0. The third kappa shape index (κ3) is 4.75. The van der Waals surface area contributed by atoms with Crippen molar-refractivity contribution < 1.29 is 13.9 Å². The largest absolute Gasteiger partial charge is 0.471 e. The van der Waals surface area contributed by atoms with Gasteiger partial charge in [0.2, 0.25) is 23.6 Å². The van der Waals surface area contributed by atoms with Crippen LogP contribution in [0.5, 0.6) is 5.88 Å². The Labute approximate surface area is 187 Å². The van der Waals surface area contributed by atoms with Gasteiger partial charge in [-0.1, -0.05) is 19.1 Å². The first kappa shape index (κ1) is 20.9. The molecule has 0 spiro atoms. The first-order valence-electron chi connectivity index (χ1n) is 11.4. The van der Waals surface area contributed by atoms with E-state index in [4.69, 9.17) is 18.9 Å². The van der Waals surface area contributed by atoms with Gasteiger partial charge in [0, 0.05) is 31.1 Å². The summed E-state index contributed by atoms with van der Waals surface area (Å²) in [6, 6.07) is 8.33. The highest BCUT2D eigenvalue weighted by molar-refractivity contribution is 5.73. The van der Waals surface area contributed by atoms with Crippen LogP contribution < -0.4 is 10.1 Å². The molecule has 168 valence electrons. The summed E-state index contributed by atoms with van der Waals surface area (Å²) in [5.74, 6) is 3.01. The number of rotatable bonds is 6. The molecule has 2 fully saturated rings. The molecule has 1 saturated carbocycles. The Morgan fingerprint density at radius 1 is 1.06 bits per heavy atom. The van der Waals surface area contributed by atoms with E-state index in [0.717, 1.165) is 41.9 Å². The summed E-state index contributed by atoms with van der Waals surface area (Å²) in [5.41, 5.74) is 2.61. The highest BCUT2D eigenvalue weighted by atomic mass is 16.5. The molecular formula is C24H29N5O3. The van der Waals surface area contributed by atoms with Crippen molar-refractivity contribution in [1.82, 2.24) is 20.2 Å². The first-order chi connectivity index (χ1) is 15.6. The predicted octanol–water partition coefficient (Wildman–Crippen LogP) is 4.66. The lowest BCUT2D eigenvalue weighted by atomic mass is 9.87. The Bertz CT molecular complexity index is 1060. The van der Waals surface area contributed by atoms with Gasteiger partial charge in [-0.2, -0.15) is 4.98 Å². The minimum absolute atomic E-state index is 0.00574. The molecule has 2 aromatic heterocycles. The highest BCUT2D eigenvalue weighted by Gasteiger charge is 2.23. The molecule has 32 heavy (non-hydrogen) atoms. The van der Waals surface area contributed by atoms with E-state index < -0.39 is 0 Å². The molecule has 0 radical (unpaired) electrons. The van der Waals surface area contributed by atoms with Crippen molar-refractivity contribution in [2.75, 3.05) is 18.5 Å². The maximum Gasteiger partial charge on any atom is 0.247 e. The maximum atomic E-state index is 6.29. The average Bonchev–Trinajstić information content (AvgIpc) is 3.47. The van der Waals surface area contributed by atoms with Crippen LogP contribution in [-0.2, 0) is 4.74 Å². The fourth-order valence-corrected chi connectivity index (χ4v) is 4.31. The summed E-state index contributed by atoms with van der Waals surface area (Å²) in [6.07, 6.45) is 7.45. The van der Waals surface area contributed by atoms with E-state index >= 15 is 0 Å². The monoisotopic (exact) mass is 435 g/mol. The lowest BCUT2D eigenvalue weighted by molar-refractivity contribution is 0.138. The van der Waals surface area contributed by atoms with Gasteiger partial charge < -0.3 is 19.2 Å². The zero-order valence-electron chi connectivity index (χ0n) is 18.6. The molecule has 0 bridgehead atoms.